The van der Waals surface area contributed by atoms with Crippen molar-refractivity contribution in [1.82, 2.24) is 29.3 Å². The number of thiazole rings is 2. The van der Waals surface area contributed by atoms with E-state index in [0.717, 1.165) is 26.9 Å². The molecule has 0 radical (unpaired) electrons. The Labute approximate surface area is 282 Å². The van der Waals surface area contributed by atoms with Gasteiger partial charge in [0.05, 0.1) is 18.8 Å². The van der Waals surface area contributed by atoms with Crippen molar-refractivity contribution in [3.63, 3.8) is 0 Å². The van der Waals surface area contributed by atoms with Crippen molar-refractivity contribution in [2.24, 2.45) is 10.9 Å². The highest BCUT2D eigenvalue weighted by Gasteiger charge is 2.55. The maximum Gasteiger partial charge on any atom is 0.352 e. The normalized spacial score (nSPS) is 18.1. The third-order valence-corrected chi connectivity index (χ3v) is 10.3. The molecular formula is C27H28N11O7S3+. The second-order valence-electron chi connectivity index (χ2n) is 11.1. The molecule has 6 heterocycles. The summed E-state index contributed by atoms with van der Waals surface area (Å²) >= 11 is 3.70. The number of carboxylic acid groups (broad SMARTS) is 2. The molecule has 2 amide bonds. The van der Waals surface area contributed by atoms with Crippen LogP contribution >= 0.6 is 34.4 Å². The van der Waals surface area contributed by atoms with Crippen LogP contribution in [0.2, 0.25) is 0 Å². The number of hydrogen-bond donors (Lipinski definition) is 6. The van der Waals surface area contributed by atoms with Crippen molar-refractivity contribution in [3.8, 4) is 0 Å². The lowest BCUT2D eigenvalue weighted by Crippen LogP contribution is -2.71. The SMILES string of the molecule is CC(C)(O/N=C(\C(=O)N[C@@H]1C(=O)N2C(C(=O)O)=C(C[n+]3ccc4n(Cc5nc(C(=N)N)cs5)ccn43)CS[C@H]12)c1csc(N)n1)C(=O)O. The average molecular weight is 715 g/mol. The maximum absolute atomic E-state index is 13.4. The van der Waals surface area contributed by atoms with Gasteiger partial charge in [-0.3, -0.25) is 19.9 Å². The molecule has 1 fully saturated rings. The van der Waals surface area contributed by atoms with Crippen LogP contribution in [0.4, 0.5) is 5.13 Å². The van der Waals surface area contributed by atoms with E-state index in [0.29, 0.717) is 17.8 Å². The standard InChI is InChI=1S/C27H27N11O7S3/c1-27(2,25(43)44)45-34-17(13-10-48-26(30)32-13)21(39)33-18-22(40)38-19(24(41)42)12(9-47-23(18)38)7-36-4-3-16-35(5-6-37(16)36)8-15-31-14(11-46-15)20(28)29/h3-6,10-11,18,23H,7-9H2,1-2H3,(H7-,28,29,30,32,33,39,41,42,43,44)/p+1/b34-17-/t18-,23-/m1/s1. The van der Waals surface area contributed by atoms with Gasteiger partial charge < -0.3 is 36.4 Å². The lowest BCUT2D eigenvalue weighted by atomic mass is 10.0. The summed E-state index contributed by atoms with van der Waals surface area (Å²) < 4.78 is 5.62. The van der Waals surface area contributed by atoms with Crippen LogP contribution in [-0.4, -0.2) is 92.2 Å². The number of fused-ring (bicyclic) bond motifs is 2. The van der Waals surface area contributed by atoms with E-state index in [1.807, 2.05) is 32.2 Å². The Bertz CT molecular complexity index is 2060. The zero-order valence-corrected chi connectivity index (χ0v) is 27.6. The molecule has 0 unspecified atom stereocenters. The number of nitrogens with two attached hydrogens (primary N) is 2. The van der Waals surface area contributed by atoms with Crippen LogP contribution in [-0.2, 0) is 37.1 Å². The van der Waals surface area contributed by atoms with E-state index in [2.05, 4.69) is 20.4 Å². The van der Waals surface area contributed by atoms with Gasteiger partial charge in [-0.2, -0.15) is 0 Å². The number of carbonyl (C=O) groups is 4. The van der Waals surface area contributed by atoms with Crippen molar-refractivity contribution < 1.29 is 38.9 Å². The number of amides is 2. The first-order chi connectivity index (χ1) is 22.7. The number of carboxylic acids is 2. The highest BCUT2D eigenvalue weighted by atomic mass is 32.2. The molecule has 0 spiro atoms. The monoisotopic (exact) mass is 714 g/mol. The first kappa shape index (κ1) is 32.7. The smallest absolute Gasteiger partial charge is 0.352 e. The molecule has 18 nitrogen and oxygen atoms in total. The van der Waals surface area contributed by atoms with Gasteiger partial charge in [0.1, 0.15) is 39.3 Å². The molecule has 2 aliphatic rings. The lowest BCUT2D eigenvalue weighted by Gasteiger charge is -2.49. The number of nitrogens with zero attached hydrogens (tertiary/aromatic N) is 7. The summed E-state index contributed by atoms with van der Waals surface area (Å²) in [5.41, 5.74) is 10.7. The summed E-state index contributed by atoms with van der Waals surface area (Å²) in [5, 5.41) is 36.8. The largest absolute Gasteiger partial charge is 0.478 e. The molecule has 0 aromatic carbocycles. The Balaban J connectivity index is 1.20. The Morgan fingerprint density at radius 1 is 1.21 bits per heavy atom. The minimum Gasteiger partial charge on any atom is -0.478 e. The Hall–Kier alpha value is -5.28. The van der Waals surface area contributed by atoms with Crippen LogP contribution in [0.25, 0.3) is 5.65 Å². The molecule has 21 heteroatoms. The van der Waals surface area contributed by atoms with E-state index < -0.39 is 46.5 Å². The highest BCUT2D eigenvalue weighted by Crippen LogP contribution is 2.40. The van der Waals surface area contributed by atoms with Gasteiger partial charge in [0, 0.05) is 28.3 Å². The number of carbonyl (C=O) groups excluding carboxylic acids is 2. The van der Waals surface area contributed by atoms with Crippen molar-refractivity contribution in [2.45, 2.75) is 44.0 Å². The van der Waals surface area contributed by atoms with Gasteiger partial charge in [-0.05, 0) is 13.8 Å². The zero-order valence-electron chi connectivity index (χ0n) is 25.2. The van der Waals surface area contributed by atoms with Gasteiger partial charge in [0.25, 0.3) is 11.8 Å². The van der Waals surface area contributed by atoms with Gasteiger partial charge in [0.15, 0.2) is 29.2 Å². The van der Waals surface area contributed by atoms with E-state index in [1.165, 1.54) is 42.3 Å². The highest BCUT2D eigenvalue weighted by molar-refractivity contribution is 8.00. The number of hydrogen-bond acceptors (Lipinski definition) is 13. The van der Waals surface area contributed by atoms with Crippen LogP contribution in [0.1, 0.15) is 30.2 Å². The first-order valence-corrected chi connectivity index (χ1v) is 16.8. The van der Waals surface area contributed by atoms with Gasteiger partial charge in [-0.1, -0.05) is 5.16 Å². The lowest BCUT2D eigenvalue weighted by molar-refractivity contribution is -0.753. The predicted octanol–water partition coefficient (Wildman–Crippen LogP) is -0.121. The summed E-state index contributed by atoms with van der Waals surface area (Å²) in [7, 11) is 0. The molecule has 0 bridgehead atoms. The summed E-state index contributed by atoms with van der Waals surface area (Å²) in [4.78, 5) is 65.4. The number of anilines is 1. The molecule has 4 aromatic rings. The van der Waals surface area contributed by atoms with Gasteiger partial charge in [-0.25, -0.2) is 19.6 Å². The maximum atomic E-state index is 13.4. The Morgan fingerprint density at radius 3 is 2.60 bits per heavy atom. The first-order valence-electron chi connectivity index (χ1n) is 14.0. The summed E-state index contributed by atoms with van der Waals surface area (Å²) in [6.07, 6.45) is 5.49. The minimum atomic E-state index is -1.78. The molecule has 6 rings (SSSR count). The Morgan fingerprint density at radius 2 is 1.96 bits per heavy atom. The summed E-state index contributed by atoms with van der Waals surface area (Å²) in [6, 6.07) is 0.777. The van der Waals surface area contributed by atoms with Crippen molar-refractivity contribution >= 4 is 80.5 Å². The second kappa shape index (κ2) is 12.4. The third-order valence-electron chi connectivity index (χ3n) is 7.47. The quantitative estimate of drug-likeness (QED) is 0.0369. The molecule has 0 saturated carbocycles. The van der Waals surface area contributed by atoms with Crippen LogP contribution < -0.4 is 21.5 Å². The van der Waals surface area contributed by atoms with Crippen molar-refractivity contribution in [3.05, 3.63) is 63.1 Å². The van der Waals surface area contributed by atoms with E-state index >= 15 is 0 Å². The third kappa shape index (κ3) is 5.97. The van der Waals surface area contributed by atoms with Crippen LogP contribution in [0.15, 0.2) is 51.8 Å². The molecule has 0 aliphatic carbocycles. The summed E-state index contributed by atoms with van der Waals surface area (Å²) in [6.45, 7) is 3.11. The topological polar surface area (TPSA) is 260 Å². The molecule has 2 atom stereocenters. The number of aromatic nitrogens is 5. The van der Waals surface area contributed by atoms with E-state index in [4.69, 9.17) is 21.7 Å². The fourth-order valence-corrected chi connectivity index (χ4v) is 7.64. The van der Waals surface area contributed by atoms with E-state index in [-0.39, 0.29) is 34.7 Å². The molecular weight excluding hydrogens is 687 g/mol. The van der Waals surface area contributed by atoms with E-state index in [9.17, 15) is 29.4 Å². The van der Waals surface area contributed by atoms with Gasteiger partial charge in [-0.15, -0.1) is 43.6 Å². The van der Waals surface area contributed by atoms with Crippen LogP contribution in [0, 0.1) is 5.41 Å². The van der Waals surface area contributed by atoms with Crippen LogP contribution in [0.5, 0.6) is 0 Å². The zero-order chi connectivity index (χ0) is 34.5. The number of β-lactam (4-membered cyclic amide) rings is 1. The number of thioether (sulfide) groups is 1. The average Bonchev–Trinajstić information content (AvgIpc) is 3.83. The summed E-state index contributed by atoms with van der Waals surface area (Å²) in [5.74, 6) is -3.97. The molecule has 8 N–H and O–H groups in total. The number of imidazole rings is 1. The van der Waals surface area contributed by atoms with Crippen molar-refractivity contribution in [1.29, 1.82) is 5.41 Å². The van der Waals surface area contributed by atoms with Crippen LogP contribution in [0.3, 0.4) is 0 Å². The van der Waals surface area contributed by atoms with Gasteiger partial charge in [0.2, 0.25) is 5.60 Å². The number of oxime groups is 1. The molecule has 48 heavy (non-hydrogen) atoms. The second-order valence-corrected chi connectivity index (χ2v) is 14.1. The van der Waals surface area contributed by atoms with Crippen molar-refractivity contribution in [2.75, 3.05) is 11.5 Å². The predicted molar refractivity (Wildman–Crippen MR) is 173 cm³/mol. The molecule has 4 aromatic heterocycles. The number of aliphatic carboxylic acids is 2. The van der Waals surface area contributed by atoms with E-state index in [1.54, 1.807) is 11.6 Å². The minimum absolute atomic E-state index is 0.0151. The number of nitrogens with one attached hydrogen (secondary N) is 2. The fraction of sp³-hybridized carbons (Fsp3) is 0.296. The fourth-order valence-electron chi connectivity index (χ4n) is 4.97. The number of rotatable bonds is 12. The van der Waals surface area contributed by atoms with Gasteiger partial charge >= 0.3 is 11.9 Å². The Kier molecular flexibility index (Phi) is 8.43. The molecule has 2 aliphatic heterocycles. The number of nitrogen functional groups attached to an aromatic ring is 2. The number of amidine groups is 1. The molecule has 1 saturated heterocycles. The molecule has 250 valence electrons.